The lowest BCUT2D eigenvalue weighted by atomic mass is 9.94. The number of piperazine rings is 1. The maximum atomic E-state index is 13.1. The smallest absolute Gasteiger partial charge is 0.239 e. The number of phenolic OH excluding ortho intramolecular Hbond substituents is 1. The third kappa shape index (κ3) is 5.92. The topological polar surface area (TPSA) is 76.1 Å². The Hall–Kier alpha value is -2.90. The molecule has 2 aliphatic rings. The number of para-hydroxylation sites is 2. The van der Waals surface area contributed by atoms with Crippen LogP contribution in [0.1, 0.15) is 25.3 Å². The molecule has 0 spiro atoms. The van der Waals surface area contributed by atoms with Crippen LogP contribution in [0, 0.1) is 5.92 Å². The van der Waals surface area contributed by atoms with Gasteiger partial charge in [-0.1, -0.05) is 42.5 Å². The van der Waals surface area contributed by atoms with Crippen LogP contribution in [0.5, 0.6) is 5.75 Å². The highest BCUT2D eigenvalue weighted by atomic mass is 16.3. The summed E-state index contributed by atoms with van der Waals surface area (Å²) < 4.78 is 0. The number of nitrogens with one attached hydrogen (secondary N) is 1. The van der Waals surface area contributed by atoms with Crippen LogP contribution in [0.25, 0.3) is 0 Å². The van der Waals surface area contributed by atoms with E-state index in [0.717, 1.165) is 45.8 Å². The van der Waals surface area contributed by atoms with E-state index in [-0.39, 0.29) is 29.5 Å². The van der Waals surface area contributed by atoms with E-state index in [2.05, 4.69) is 39.4 Å². The van der Waals surface area contributed by atoms with Crippen molar-refractivity contribution in [2.45, 2.75) is 32.4 Å². The number of benzene rings is 2. The molecule has 2 amide bonds. The second-order valence-corrected chi connectivity index (χ2v) is 9.08. The van der Waals surface area contributed by atoms with Gasteiger partial charge in [0, 0.05) is 38.6 Å². The van der Waals surface area contributed by atoms with Gasteiger partial charge in [-0.3, -0.25) is 19.4 Å². The molecule has 7 nitrogen and oxygen atoms in total. The highest BCUT2D eigenvalue weighted by molar-refractivity contribution is 5.94. The van der Waals surface area contributed by atoms with Gasteiger partial charge >= 0.3 is 0 Å². The molecule has 2 aromatic carbocycles. The minimum atomic E-state index is -0.173. The number of amides is 2. The second kappa shape index (κ2) is 10.8. The number of hydrogen-bond donors (Lipinski definition) is 2. The lowest BCUT2D eigenvalue weighted by Gasteiger charge is -2.40. The van der Waals surface area contributed by atoms with Crippen molar-refractivity contribution in [3.63, 3.8) is 0 Å². The average Bonchev–Trinajstić information content (AvgIpc) is 2.86. The molecular formula is C26H34N4O3. The highest BCUT2D eigenvalue weighted by Crippen LogP contribution is 2.25. The van der Waals surface area contributed by atoms with E-state index in [4.69, 9.17) is 0 Å². The SMILES string of the molecule is CC(C(=O)N1CCN(Cc2ccccc2)CC1)N1CCC(C(=O)Nc2ccccc2O)CC1. The van der Waals surface area contributed by atoms with Crippen molar-refractivity contribution in [2.75, 3.05) is 44.6 Å². The van der Waals surface area contributed by atoms with Gasteiger partial charge in [-0.2, -0.15) is 0 Å². The minimum Gasteiger partial charge on any atom is -0.506 e. The van der Waals surface area contributed by atoms with Crippen molar-refractivity contribution >= 4 is 17.5 Å². The van der Waals surface area contributed by atoms with Gasteiger partial charge in [0.05, 0.1) is 11.7 Å². The number of phenols is 1. The van der Waals surface area contributed by atoms with Crippen LogP contribution < -0.4 is 5.32 Å². The van der Waals surface area contributed by atoms with Gasteiger partial charge in [0.25, 0.3) is 0 Å². The summed E-state index contributed by atoms with van der Waals surface area (Å²) in [6, 6.07) is 17.0. The number of nitrogens with zero attached hydrogens (tertiary/aromatic N) is 3. The summed E-state index contributed by atoms with van der Waals surface area (Å²) in [6.45, 7) is 7.66. The van der Waals surface area contributed by atoms with Crippen molar-refractivity contribution < 1.29 is 14.7 Å². The standard InChI is InChI=1S/C26H34N4O3/c1-20(26(33)30-17-15-28(16-18-30)19-21-7-3-2-4-8-21)29-13-11-22(12-14-29)25(32)27-23-9-5-6-10-24(23)31/h2-10,20,22,31H,11-19H2,1H3,(H,27,32). The highest BCUT2D eigenvalue weighted by Gasteiger charge is 2.32. The van der Waals surface area contributed by atoms with E-state index in [1.54, 1.807) is 24.3 Å². The fraction of sp³-hybridized carbons (Fsp3) is 0.462. The monoisotopic (exact) mass is 450 g/mol. The minimum absolute atomic E-state index is 0.0651. The summed E-state index contributed by atoms with van der Waals surface area (Å²) in [5, 5.41) is 12.7. The molecule has 0 aromatic heterocycles. The van der Waals surface area contributed by atoms with Gasteiger partial charge in [0.15, 0.2) is 0 Å². The van der Waals surface area contributed by atoms with E-state index in [1.807, 2.05) is 17.9 Å². The normalized spacial score (nSPS) is 19.2. The molecule has 0 saturated carbocycles. The number of anilines is 1. The molecule has 2 heterocycles. The van der Waals surface area contributed by atoms with Crippen molar-refractivity contribution in [1.29, 1.82) is 0 Å². The van der Waals surface area contributed by atoms with Crippen LogP contribution in [0.4, 0.5) is 5.69 Å². The number of hydrogen-bond acceptors (Lipinski definition) is 5. The fourth-order valence-corrected chi connectivity index (χ4v) is 4.75. The summed E-state index contributed by atoms with van der Waals surface area (Å²) in [6.07, 6.45) is 1.42. The van der Waals surface area contributed by atoms with E-state index < -0.39 is 0 Å². The molecule has 4 rings (SSSR count). The molecule has 176 valence electrons. The van der Waals surface area contributed by atoms with Gasteiger partial charge < -0.3 is 15.3 Å². The maximum Gasteiger partial charge on any atom is 0.239 e. The summed E-state index contributed by atoms with van der Waals surface area (Å²) in [7, 11) is 0. The third-order valence-electron chi connectivity index (χ3n) is 6.90. The zero-order valence-corrected chi connectivity index (χ0v) is 19.3. The summed E-state index contributed by atoms with van der Waals surface area (Å²) >= 11 is 0. The Morgan fingerprint density at radius 2 is 1.58 bits per heavy atom. The third-order valence-corrected chi connectivity index (χ3v) is 6.90. The van der Waals surface area contributed by atoms with Crippen LogP contribution in [0.15, 0.2) is 54.6 Å². The molecule has 0 aliphatic carbocycles. The Kier molecular flexibility index (Phi) is 7.62. The molecule has 0 bridgehead atoms. The lowest BCUT2D eigenvalue weighted by molar-refractivity contribution is -0.139. The number of piperidine rings is 1. The number of carbonyl (C=O) groups excluding carboxylic acids is 2. The second-order valence-electron chi connectivity index (χ2n) is 9.08. The van der Waals surface area contributed by atoms with Gasteiger partial charge in [0.2, 0.25) is 11.8 Å². The molecule has 2 N–H and O–H groups in total. The molecule has 7 heteroatoms. The molecule has 2 aliphatic heterocycles. The van der Waals surface area contributed by atoms with Crippen LogP contribution in [0.3, 0.4) is 0 Å². The molecule has 2 fully saturated rings. The van der Waals surface area contributed by atoms with Crippen LogP contribution in [0.2, 0.25) is 0 Å². The van der Waals surface area contributed by atoms with E-state index in [0.29, 0.717) is 18.5 Å². The molecular weight excluding hydrogens is 416 g/mol. The zero-order valence-electron chi connectivity index (χ0n) is 19.3. The quantitative estimate of drug-likeness (QED) is 0.662. The van der Waals surface area contributed by atoms with Crippen LogP contribution >= 0.6 is 0 Å². The van der Waals surface area contributed by atoms with E-state index >= 15 is 0 Å². The Balaban J connectivity index is 1.21. The Bertz CT molecular complexity index is 936. The fourth-order valence-electron chi connectivity index (χ4n) is 4.75. The first kappa shape index (κ1) is 23.3. The Labute approximate surface area is 196 Å². The number of carbonyl (C=O) groups is 2. The van der Waals surface area contributed by atoms with Crippen molar-refractivity contribution in [3.8, 4) is 5.75 Å². The van der Waals surface area contributed by atoms with E-state index in [9.17, 15) is 14.7 Å². The molecule has 0 radical (unpaired) electrons. The largest absolute Gasteiger partial charge is 0.506 e. The lowest BCUT2D eigenvalue weighted by Crippen LogP contribution is -2.55. The first-order valence-electron chi connectivity index (χ1n) is 11.9. The number of aromatic hydroxyl groups is 1. The summed E-state index contributed by atoms with van der Waals surface area (Å²) in [4.78, 5) is 32.3. The number of rotatable bonds is 6. The van der Waals surface area contributed by atoms with Gasteiger partial charge in [-0.25, -0.2) is 0 Å². The zero-order chi connectivity index (χ0) is 23.2. The predicted octanol–water partition coefficient (Wildman–Crippen LogP) is 2.78. The maximum absolute atomic E-state index is 13.1. The van der Waals surface area contributed by atoms with Gasteiger partial charge in [-0.05, 0) is 50.6 Å². The van der Waals surface area contributed by atoms with Gasteiger partial charge in [-0.15, -0.1) is 0 Å². The molecule has 2 saturated heterocycles. The Morgan fingerprint density at radius 1 is 0.939 bits per heavy atom. The first-order valence-corrected chi connectivity index (χ1v) is 11.9. The molecule has 1 unspecified atom stereocenters. The summed E-state index contributed by atoms with van der Waals surface area (Å²) in [5.41, 5.74) is 1.75. The average molecular weight is 451 g/mol. The molecule has 1 atom stereocenters. The van der Waals surface area contributed by atoms with E-state index in [1.165, 1.54) is 5.56 Å². The number of likely N-dealkylation sites (tertiary alicyclic amines) is 1. The Morgan fingerprint density at radius 3 is 2.24 bits per heavy atom. The summed E-state index contributed by atoms with van der Waals surface area (Å²) in [5.74, 6) is 0.0900. The van der Waals surface area contributed by atoms with Crippen molar-refractivity contribution in [3.05, 3.63) is 60.2 Å². The molecule has 33 heavy (non-hydrogen) atoms. The van der Waals surface area contributed by atoms with Crippen LogP contribution in [-0.4, -0.2) is 76.9 Å². The van der Waals surface area contributed by atoms with Crippen molar-refractivity contribution in [2.24, 2.45) is 5.92 Å². The first-order chi connectivity index (χ1) is 16.0. The van der Waals surface area contributed by atoms with Crippen molar-refractivity contribution in [1.82, 2.24) is 14.7 Å². The molecule has 2 aromatic rings. The predicted molar refractivity (Wildman–Crippen MR) is 129 cm³/mol. The van der Waals surface area contributed by atoms with Gasteiger partial charge in [0.1, 0.15) is 5.75 Å². The van der Waals surface area contributed by atoms with Crippen LogP contribution in [-0.2, 0) is 16.1 Å².